The lowest BCUT2D eigenvalue weighted by molar-refractivity contribution is 0.0378. The van der Waals surface area contributed by atoms with Crippen molar-refractivity contribution >= 4 is 17.6 Å². The summed E-state index contributed by atoms with van der Waals surface area (Å²) in [4.78, 5) is 25.5. The molecular formula is C20H23N5O2. The Hall–Kier alpha value is -3.14. The van der Waals surface area contributed by atoms with Crippen molar-refractivity contribution in [1.29, 1.82) is 5.26 Å². The molecule has 140 valence electrons. The predicted octanol–water partition coefficient (Wildman–Crippen LogP) is 2.63. The van der Waals surface area contributed by atoms with E-state index < -0.39 is 0 Å². The van der Waals surface area contributed by atoms with Crippen LogP contribution in [0.1, 0.15) is 36.2 Å². The summed E-state index contributed by atoms with van der Waals surface area (Å²) >= 11 is 0. The Morgan fingerprint density at radius 3 is 2.37 bits per heavy atom. The lowest BCUT2D eigenvalue weighted by atomic mass is 10.2. The van der Waals surface area contributed by atoms with Gasteiger partial charge in [0.2, 0.25) is 0 Å². The van der Waals surface area contributed by atoms with Crippen LogP contribution in [0.2, 0.25) is 0 Å². The third-order valence-corrected chi connectivity index (χ3v) is 4.35. The van der Waals surface area contributed by atoms with Crippen LogP contribution < -0.4 is 9.80 Å². The van der Waals surface area contributed by atoms with E-state index in [4.69, 9.17) is 4.74 Å². The number of esters is 1. The van der Waals surface area contributed by atoms with E-state index in [0.717, 1.165) is 19.5 Å². The van der Waals surface area contributed by atoms with Gasteiger partial charge in [-0.2, -0.15) is 5.26 Å². The number of nitriles is 1. The molecule has 0 saturated carbocycles. The van der Waals surface area contributed by atoms with Gasteiger partial charge in [-0.15, -0.1) is 0 Å². The van der Waals surface area contributed by atoms with Crippen LogP contribution in [0.5, 0.6) is 0 Å². The second-order valence-corrected chi connectivity index (χ2v) is 6.64. The van der Waals surface area contributed by atoms with E-state index >= 15 is 0 Å². The molecule has 2 aromatic heterocycles. The average Bonchev–Trinajstić information content (AvgIpc) is 2.93. The maximum absolute atomic E-state index is 12.4. The second kappa shape index (κ2) is 8.49. The van der Waals surface area contributed by atoms with E-state index in [9.17, 15) is 10.1 Å². The van der Waals surface area contributed by atoms with E-state index in [1.807, 2.05) is 13.8 Å². The molecule has 0 spiro atoms. The van der Waals surface area contributed by atoms with E-state index in [0.29, 0.717) is 35.9 Å². The summed E-state index contributed by atoms with van der Waals surface area (Å²) in [7, 11) is 0. The van der Waals surface area contributed by atoms with Crippen molar-refractivity contribution in [3.05, 3.63) is 47.8 Å². The minimum absolute atomic E-state index is 0.182. The molecule has 27 heavy (non-hydrogen) atoms. The van der Waals surface area contributed by atoms with Crippen molar-refractivity contribution in [3.63, 3.8) is 0 Å². The van der Waals surface area contributed by atoms with Crippen molar-refractivity contribution in [2.45, 2.75) is 26.4 Å². The standard InChI is InChI=1S/C20H23N5O2/c1-15(2)27-20(26)17-7-4-9-23-19(17)25-11-5-10-24(12-13-25)18-16(14-21)6-3-8-22-18/h3-4,6-9,15H,5,10-13H2,1-2H3. The third-order valence-electron chi connectivity index (χ3n) is 4.35. The molecule has 0 radical (unpaired) electrons. The van der Waals surface area contributed by atoms with Crippen LogP contribution in [0.15, 0.2) is 36.7 Å². The molecule has 3 rings (SSSR count). The Bertz CT molecular complexity index is 846. The van der Waals surface area contributed by atoms with E-state index in [1.165, 1.54) is 0 Å². The van der Waals surface area contributed by atoms with Gasteiger partial charge in [-0.05, 0) is 44.5 Å². The quantitative estimate of drug-likeness (QED) is 0.770. The van der Waals surface area contributed by atoms with Crippen molar-refractivity contribution in [2.24, 2.45) is 0 Å². The predicted molar refractivity (Wildman–Crippen MR) is 103 cm³/mol. The topological polar surface area (TPSA) is 82.3 Å². The molecule has 1 aliphatic rings. The lowest BCUT2D eigenvalue weighted by Gasteiger charge is -2.25. The Balaban J connectivity index is 1.79. The van der Waals surface area contributed by atoms with E-state index in [2.05, 4.69) is 25.8 Å². The molecule has 0 atom stereocenters. The SMILES string of the molecule is CC(C)OC(=O)c1cccnc1N1CCCN(c2ncccc2C#N)CC1. The van der Waals surface area contributed by atoms with Crippen LogP contribution in [0, 0.1) is 11.3 Å². The van der Waals surface area contributed by atoms with Gasteiger partial charge >= 0.3 is 5.97 Å². The van der Waals surface area contributed by atoms with Gasteiger partial charge in [0, 0.05) is 38.6 Å². The van der Waals surface area contributed by atoms with Crippen LogP contribution in [0.4, 0.5) is 11.6 Å². The number of nitrogens with zero attached hydrogens (tertiary/aromatic N) is 5. The summed E-state index contributed by atoms with van der Waals surface area (Å²) in [5.74, 6) is 1.000. The molecule has 0 bridgehead atoms. The second-order valence-electron chi connectivity index (χ2n) is 6.64. The normalized spacial score (nSPS) is 14.6. The van der Waals surface area contributed by atoms with Crippen LogP contribution in [-0.2, 0) is 4.74 Å². The Labute approximate surface area is 159 Å². The highest BCUT2D eigenvalue weighted by Crippen LogP contribution is 2.23. The molecule has 3 heterocycles. The monoisotopic (exact) mass is 365 g/mol. The van der Waals surface area contributed by atoms with Gasteiger partial charge in [-0.25, -0.2) is 14.8 Å². The molecular weight excluding hydrogens is 342 g/mol. The van der Waals surface area contributed by atoms with Crippen LogP contribution in [-0.4, -0.2) is 48.2 Å². The molecule has 7 heteroatoms. The maximum Gasteiger partial charge on any atom is 0.342 e. The molecule has 0 N–H and O–H groups in total. The highest BCUT2D eigenvalue weighted by molar-refractivity contribution is 5.94. The summed E-state index contributed by atoms with van der Waals surface area (Å²) in [6.45, 7) is 6.60. The van der Waals surface area contributed by atoms with Gasteiger partial charge in [0.05, 0.1) is 11.7 Å². The molecule has 2 aromatic rings. The first-order valence-electron chi connectivity index (χ1n) is 9.11. The summed E-state index contributed by atoms with van der Waals surface area (Å²) in [6.07, 6.45) is 4.09. The summed E-state index contributed by atoms with van der Waals surface area (Å²) in [6, 6.07) is 9.26. The van der Waals surface area contributed by atoms with Gasteiger partial charge in [0.15, 0.2) is 0 Å². The average molecular weight is 365 g/mol. The number of rotatable bonds is 4. The van der Waals surface area contributed by atoms with Crippen molar-refractivity contribution in [3.8, 4) is 6.07 Å². The number of hydrogen-bond donors (Lipinski definition) is 0. The van der Waals surface area contributed by atoms with E-state index in [-0.39, 0.29) is 12.1 Å². The van der Waals surface area contributed by atoms with Gasteiger partial charge in [-0.3, -0.25) is 0 Å². The number of ether oxygens (including phenoxy) is 1. The molecule has 0 unspecified atom stereocenters. The first-order valence-corrected chi connectivity index (χ1v) is 9.11. The van der Waals surface area contributed by atoms with Crippen LogP contribution >= 0.6 is 0 Å². The highest BCUT2D eigenvalue weighted by atomic mass is 16.5. The minimum atomic E-state index is -0.356. The number of carbonyl (C=O) groups excluding carboxylic acids is 1. The largest absolute Gasteiger partial charge is 0.459 e. The molecule has 1 aliphatic heterocycles. The minimum Gasteiger partial charge on any atom is -0.459 e. The number of carbonyl (C=O) groups is 1. The lowest BCUT2D eigenvalue weighted by Crippen LogP contribution is -2.33. The number of pyridine rings is 2. The Morgan fingerprint density at radius 1 is 1.07 bits per heavy atom. The molecule has 0 aromatic carbocycles. The third kappa shape index (κ3) is 4.34. The fraction of sp³-hybridized carbons (Fsp3) is 0.400. The molecule has 1 fully saturated rings. The van der Waals surface area contributed by atoms with Crippen molar-refractivity contribution < 1.29 is 9.53 Å². The number of aromatic nitrogens is 2. The van der Waals surface area contributed by atoms with Gasteiger partial charge in [0.25, 0.3) is 0 Å². The number of anilines is 2. The zero-order chi connectivity index (χ0) is 19.2. The first kappa shape index (κ1) is 18.6. The van der Waals surface area contributed by atoms with Crippen LogP contribution in [0.3, 0.4) is 0 Å². The van der Waals surface area contributed by atoms with Crippen molar-refractivity contribution in [2.75, 3.05) is 36.0 Å². The molecule has 1 saturated heterocycles. The fourth-order valence-electron chi connectivity index (χ4n) is 3.16. The van der Waals surface area contributed by atoms with Gasteiger partial charge in [-0.1, -0.05) is 0 Å². The molecule has 0 aliphatic carbocycles. The maximum atomic E-state index is 12.4. The van der Waals surface area contributed by atoms with Gasteiger partial charge < -0.3 is 14.5 Å². The summed E-state index contributed by atoms with van der Waals surface area (Å²) in [5.41, 5.74) is 1.06. The molecule has 0 amide bonds. The Kier molecular flexibility index (Phi) is 5.87. The van der Waals surface area contributed by atoms with E-state index in [1.54, 1.807) is 36.7 Å². The summed E-state index contributed by atoms with van der Waals surface area (Å²) in [5, 5.41) is 9.33. The first-order chi connectivity index (χ1) is 13.1. The van der Waals surface area contributed by atoms with Crippen LogP contribution in [0.25, 0.3) is 0 Å². The Morgan fingerprint density at radius 2 is 1.70 bits per heavy atom. The highest BCUT2D eigenvalue weighted by Gasteiger charge is 2.23. The zero-order valence-electron chi connectivity index (χ0n) is 15.6. The molecule has 7 nitrogen and oxygen atoms in total. The van der Waals surface area contributed by atoms with Crippen molar-refractivity contribution in [1.82, 2.24) is 9.97 Å². The zero-order valence-corrected chi connectivity index (χ0v) is 15.6. The fourth-order valence-corrected chi connectivity index (χ4v) is 3.16. The smallest absolute Gasteiger partial charge is 0.342 e. The number of hydrogen-bond acceptors (Lipinski definition) is 7. The summed E-state index contributed by atoms with van der Waals surface area (Å²) < 4.78 is 5.36. The van der Waals surface area contributed by atoms with Gasteiger partial charge in [0.1, 0.15) is 23.3 Å².